The van der Waals surface area contributed by atoms with E-state index in [9.17, 15) is 9.59 Å². The molecule has 0 fully saturated rings. The molecule has 2 amide bonds. The van der Waals surface area contributed by atoms with Crippen molar-refractivity contribution in [3.8, 4) is 11.3 Å². The van der Waals surface area contributed by atoms with Gasteiger partial charge in [-0.2, -0.15) is 5.10 Å². The molecule has 0 radical (unpaired) electrons. The average Bonchev–Trinajstić information content (AvgIpc) is 2.96. The van der Waals surface area contributed by atoms with Crippen molar-refractivity contribution >= 4 is 23.3 Å². The van der Waals surface area contributed by atoms with Crippen LogP contribution < -0.4 is 10.6 Å². The average molecular weight is 334 g/mol. The minimum absolute atomic E-state index is 0.0544. The number of nitrogens with one attached hydrogen (secondary N) is 2. The fourth-order valence-corrected chi connectivity index (χ4v) is 2.50. The first-order valence-electron chi connectivity index (χ1n) is 7.81. The number of nitrogens with zero attached hydrogens (tertiary/aromatic N) is 2. The number of carbonyl (C=O) groups is 2. The van der Waals surface area contributed by atoms with Crippen molar-refractivity contribution < 1.29 is 9.59 Å². The third-order valence-electron chi connectivity index (χ3n) is 3.72. The van der Waals surface area contributed by atoms with Gasteiger partial charge in [0.2, 0.25) is 0 Å². The fraction of sp³-hybridized carbons (Fsp3) is 0.105. The number of rotatable bonds is 4. The van der Waals surface area contributed by atoms with Crippen LogP contribution in [0.2, 0.25) is 0 Å². The first-order chi connectivity index (χ1) is 12.0. The normalized spacial score (nSPS) is 10.3. The number of Topliss-reactive ketones (excluding diaryl/α,β-unsaturated/α-hetero) is 1. The lowest BCUT2D eigenvalue weighted by molar-refractivity contribution is 0.101. The van der Waals surface area contributed by atoms with Crippen molar-refractivity contribution in [1.82, 2.24) is 9.78 Å². The van der Waals surface area contributed by atoms with Crippen LogP contribution in [0.3, 0.4) is 0 Å². The number of anilines is 2. The highest BCUT2D eigenvalue weighted by Crippen LogP contribution is 2.21. The molecule has 3 rings (SSSR count). The molecule has 25 heavy (non-hydrogen) atoms. The van der Waals surface area contributed by atoms with Crippen LogP contribution in [0.5, 0.6) is 0 Å². The number of ketones is 1. The van der Waals surface area contributed by atoms with Gasteiger partial charge in [-0.1, -0.05) is 42.5 Å². The number of amides is 2. The zero-order chi connectivity index (χ0) is 17.8. The van der Waals surface area contributed by atoms with Gasteiger partial charge in [-0.15, -0.1) is 0 Å². The molecule has 0 bridgehead atoms. The molecular weight excluding hydrogens is 316 g/mol. The van der Waals surface area contributed by atoms with Gasteiger partial charge in [0.05, 0.1) is 5.69 Å². The Kier molecular flexibility index (Phi) is 4.61. The molecular formula is C19H18N4O2. The summed E-state index contributed by atoms with van der Waals surface area (Å²) in [5.41, 5.74) is 3.00. The Bertz CT molecular complexity index is 916. The van der Waals surface area contributed by atoms with Crippen molar-refractivity contribution in [3.63, 3.8) is 0 Å². The lowest BCUT2D eigenvalue weighted by Crippen LogP contribution is -2.20. The minimum Gasteiger partial charge on any atom is -0.308 e. The minimum atomic E-state index is -0.418. The smallest absolute Gasteiger partial charge is 0.308 e. The molecule has 1 heterocycles. The molecule has 0 aliphatic heterocycles. The van der Waals surface area contributed by atoms with E-state index in [4.69, 9.17) is 0 Å². The van der Waals surface area contributed by atoms with Crippen LogP contribution in [-0.2, 0) is 7.05 Å². The molecule has 0 saturated heterocycles. The molecule has 0 atom stereocenters. The Morgan fingerprint density at radius 2 is 1.72 bits per heavy atom. The van der Waals surface area contributed by atoms with E-state index in [1.807, 2.05) is 37.4 Å². The van der Waals surface area contributed by atoms with Crippen molar-refractivity contribution in [3.05, 3.63) is 66.2 Å². The first kappa shape index (κ1) is 16.4. The number of hydrogen-bond acceptors (Lipinski definition) is 3. The second kappa shape index (κ2) is 7.00. The molecule has 6 nitrogen and oxygen atoms in total. The fourth-order valence-electron chi connectivity index (χ4n) is 2.50. The molecule has 0 aliphatic carbocycles. The maximum absolute atomic E-state index is 12.2. The zero-order valence-electron chi connectivity index (χ0n) is 14.0. The maximum atomic E-state index is 12.2. The Morgan fingerprint density at radius 1 is 0.960 bits per heavy atom. The van der Waals surface area contributed by atoms with E-state index in [-0.39, 0.29) is 5.78 Å². The van der Waals surface area contributed by atoms with Crippen LogP contribution in [0.15, 0.2) is 60.7 Å². The number of carbonyl (C=O) groups excluding carboxylic acids is 2. The summed E-state index contributed by atoms with van der Waals surface area (Å²) in [5, 5.41) is 9.71. The SMILES string of the molecule is CC(=O)c1cccc(NC(=O)Nc2cc(-c3ccccc3)n(C)n2)c1. The summed E-state index contributed by atoms with van der Waals surface area (Å²) in [6.07, 6.45) is 0. The molecule has 126 valence electrons. The standard InChI is InChI=1S/C19H18N4O2/c1-13(24)15-9-6-10-16(11-15)20-19(25)21-18-12-17(23(2)22-18)14-7-4-3-5-8-14/h3-12H,1-2H3,(H2,20,21,22,25). The molecule has 2 N–H and O–H groups in total. The molecule has 0 saturated carbocycles. The van der Waals surface area contributed by atoms with Gasteiger partial charge in [0.1, 0.15) is 0 Å². The van der Waals surface area contributed by atoms with E-state index in [1.54, 1.807) is 35.0 Å². The van der Waals surface area contributed by atoms with Gasteiger partial charge < -0.3 is 5.32 Å². The van der Waals surface area contributed by atoms with E-state index in [1.165, 1.54) is 6.92 Å². The number of urea groups is 1. The summed E-state index contributed by atoms with van der Waals surface area (Å²) in [7, 11) is 1.82. The van der Waals surface area contributed by atoms with Crippen molar-refractivity contribution in [2.75, 3.05) is 10.6 Å². The molecule has 0 unspecified atom stereocenters. The highest BCUT2D eigenvalue weighted by Gasteiger charge is 2.10. The van der Waals surface area contributed by atoms with Crippen LogP contribution >= 0.6 is 0 Å². The van der Waals surface area contributed by atoms with Gasteiger partial charge >= 0.3 is 6.03 Å². The number of aryl methyl sites for hydroxylation is 1. The summed E-state index contributed by atoms with van der Waals surface area (Å²) < 4.78 is 1.71. The summed E-state index contributed by atoms with van der Waals surface area (Å²) in [6.45, 7) is 1.48. The van der Waals surface area contributed by atoms with Crippen molar-refractivity contribution in [2.24, 2.45) is 7.05 Å². The van der Waals surface area contributed by atoms with Crippen LogP contribution in [-0.4, -0.2) is 21.6 Å². The van der Waals surface area contributed by atoms with Crippen molar-refractivity contribution in [1.29, 1.82) is 0 Å². The van der Waals surface area contributed by atoms with Gasteiger partial charge in [-0.3, -0.25) is 14.8 Å². The molecule has 3 aromatic rings. The second-order valence-corrected chi connectivity index (χ2v) is 5.62. The van der Waals surface area contributed by atoms with Crippen LogP contribution in [0.1, 0.15) is 17.3 Å². The van der Waals surface area contributed by atoms with E-state index >= 15 is 0 Å². The summed E-state index contributed by atoms with van der Waals surface area (Å²) in [5.74, 6) is 0.392. The Labute approximate surface area is 145 Å². The number of benzene rings is 2. The topological polar surface area (TPSA) is 76.0 Å². The highest BCUT2D eigenvalue weighted by molar-refractivity contribution is 6.01. The summed E-state index contributed by atoms with van der Waals surface area (Å²) in [6, 6.07) is 18.0. The molecule has 0 aliphatic rings. The predicted molar refractivity (Wildman–Crippen MR) is 97.7 cm³/mol. The Balaban J connectivity index is 1.72. The second-order valence-electron chi connectivity index (χ2n) is 5.62. The van der Waals surface area contributed by atoms with Gasteiger partial charge in [0.15, 0.2) is 11.6 Å². The number of hydrogen-bond donors (Lipinski definition) is 2. The maximum Gasteiger partial charge on any atom is 0.324 e. The quantitative estimate of drug-likeness (QED) is 0.710. The Hall–Kier alpha value is -3.41. The monoisotopic (exact) mass is 334 g/mol. The zero-order valence-corrected chi connectivity index (χ0v) is 14.0. The molecule has 6 heteroatoms. The largest absolute Gasteiger partial charge is 0.324 e. The van der Waals surface area contributed by atoms with Gasteiger partial charge in [-0.25, -0.2) is 4.79 Å². The highest BCUT2D eigenvalue weighted by atomic mass is 16.2. The molecule has 1 aromatic heterocycles. The van der Waals surface area contributed by atoms with E-state index < -0.39 is 6.03 Å². The number of aromatic nitrogens is 2. The predicted octanol–water partition coefficient (Wildman–Crippen LogP) is 3.93. The summed E-state index contributed by atoms with van der Waals surface area (Å²) >= 11 is 0. The molecule has 2 aromatic carbocycles. The lowest BCUT2D eigenvalue weighted by Gasteiger charge is -2.06. The van der Waals surface area contributed by atoms with Crippen LogP contribution in [0.4, 0.5) is 16.3 Å². The third kappa shape index (κ3) is 3.92. The lowest BCUT2D eigenvalue weighted by atomic mass is 10.1. The van der Waals surface area contributed by atoms with E-state index in [0.29, 0.717) is 17.1 Å². The van der Waals surface area contributed by atoms with Crippen molar-refractivity contribution in [2.45, 2.75) is 6.92 Å². The van der Waals surface area contributed by atoms with Gasteiger partial charge in [-0.05, 0) is 24.6 Å². The third-order valence-corrected chi connectivity index (χ3v) is 3.72. The first-order valence-corrected chi connectivity index (χ1v) is 7.81. The Morgan fingerprint density at radius 3 is 2.44 bits per heavy atom. The van der Waals surface area contributed by atoms with Crippen LogP contribution in [0.25, 0.3) is 11.3 Å². The van der Waals surface area contributed by atoms with Gasteiger partial charge in [0.25, 0.3) is 0 Å². The van der Waals surface area contributed by atoms with Crippen LogP contribution in [0, 0.1) is 0 Å². The van der Waals surface area contributed by atoms with E-state index in [2.05, 4.69) is 15.7 Å². The molecule has 0 spiro atoms. The van der Waals surface area contributed by atoms with E-state index in [0.717, 1.165) is 11.3 Å². The van der Waals surface area contributed by atoms with Gasteiger partial charge in [0, 0.05) is 24.4 Å². The summed E-state index contributed by atoms with van der Waals surface area (Å²) in [4.78, 5) is 23.6.